The van der Waals surface area contributed by atoms with E-state index in [9.17, 15) is 0 Å². The fourth-order valence-corrected chi connectivity index (χ4v) is 2.24. The summed E-state index contributed by atoms with van der Waals surface area (Å²) in [6, 6.07) is 0. The number of morpholine rings is 1. The number of rotatable bonds is 6. The molecule has 1 aliphatic rings. The van der Waals surface area contributed by atoms with Crippen LogP contribution in [0.5, 0.6) is 0 Å². The van der Waals surface area contributed by atoms with Crippen molar-refractivity contribution in [3.63, 3.8) is 0 Å². The monoisotopic (exact) mass is 268 g/mol. The Kier molecular flexibility index (Phi) is 5.30. The Hall–Kier alpha value is -0.980. The highest BCUT2D eigenvalue weighted by Gasteiger charge is 2.25. The van der Waals surface area contributed by atoms with Crippen LogP contribution in [0.4, 0.5) is 0 Å². The molecule has 0 amide bonds. The number of aromatic nitrogens is 2. The van der Waals surface area contributed by atoms with Crippen molar-refractivity contribution in [3.8, 4) is 0 Å². The van der Waals surface area contributed by atoms with E-state index in [0.29, 0.717) is 24.2 Å². The van der Waals surface area contributed by atoms with Gasteiger partial charge in [-0.1, -0.05) is 19.0 Å². The molecular formula is C13H24N4O2. The molecule has 2 unspecified atom stereocenters. The summed E-state index contributed by atoms with van der Waals surface area (Å²) in [6.07, 6.45) is 1.82. The molecule has 2 N–H and O–H groups in total. The molecule has 2 atom stereocenters. The van der Waals surface area contributed by atoms with Gasteiger partial charge in [0.15, 0.2) is 0 Å². The first-order valence-corrected chi connectivity index (χ1v) is 7.09. The van der Waals surface area contributed by atoms with E-state index in [1.165, 1.54) is 0 Å². The van der Waals surface area contributed by atoms with Gasteiger partial charge in [0, 0.05) is 19.5 Å². The highest BCUT2D eigenvalue weighted by molar-refractivity contribution is 4.94. The van der Waals surface area contributed by atoms with Crippen molar-refractivity contribution in [1.82, 2.24) is 15.0 Å². The van der Waals surface area contributed by atoms with Gasteiger partial charge in [-0.3, -0.25) is 4.90 Å². The van der Waals surface area contributed by atoms with Crippen LogP contribution in [-0.4, -0.2) is 47.8 Å². The maximum atomic E-state index is 5.73. The van der Waals surface area contributed by atoms with Crippen LogP contribution in [0.3, 0.4) is 0 Å². The predicted molar refractivity (Wildman–Crippen MR) is 71.6 cm³/mol. The van der Waals surface area contributed by atoms with Crippen LogP contribution >= 0.6 is 0 Å². The molecule has 6 nitrogen and oxygen atoms in total. The Morgan fingerprint density at radius 1 is 1.53 bits per heavy atom. The van der Waals surface area contributed by atoms with Crippen LogP contribution in [0, 0.1) is 5.92 Å². The molecule has 108 valence electrons. The van der Waals surface area contributed by atoms with Gasteiger partial charge in [0.25, 0.3) is 0 Å². The van der Waals surface area contributed by atoms with Crippen molar-refractivity contribution in [2.24, 2.45) is 11.7 Å². The summed E-state index contributed by atoms with van der Waals surface area (Å²) >= 11 is 0. The largest absolute Gasteiger partial charge is 0.367 e. The number of hydrogen-bond donors (Lipinski definition) is 1. The van der Waals surface area contributed by atoms with Gasteiger partial charge in [0.05, 0.1) is 6.61 Å². The Balaban J connectivity index is 1.94. The topological polar surface area (TPSA) is 77.4 Å². The molecule has 2 heterocycles. The molecule has 0 spiro atoms. The molecule has 6 heteroatoms. The second-order valence-corrected chi connectivity index (χ2v) is 5.25. The lowest BCUT2D eigenvalue weighted by Crippen LogP contribution is -2.39. The first kappa shape index (κ1) is 14.4. The second kappa shape index (κ2) is 6.98. The van der Waals surface area contributed by atoms with Crippen molar-refractivity contribution >= 4 is 0 Å². The molecule has 2 rings (SSSR count). The van der Waals surface area contributed by atoms with E-state index in [0.717, 1.165) is 39.1 Å². The van der Waals surface area contributed by atoms with Gasteiger partial charge in [-0.25, -0.2) is 0 Å². The van der Waals surface area contributed by atoms with Crippen molar-refractivity contribution in [2.75, 3.05) is 32.8 Å². The predicted octanol–water partition coefficient (Wildman–Crippen LogP) is 0.990. The fourth-order valence-electron chi connectivity index (χ4n) is 2.24. The fraction of sp³-hybridized carbons (Fsp3) is 0.846. The van der Waals surface area contributed by atoms with Gasteiger partial charge in [-0.15, -0.1) is 0 Å². The van der Waals surface area contributed by atoms with Crippen LogP contribution in [-0.2, 0) is 11.2 Å². The average Bonchev–Trinajstić information content (AvgIpc) is 2.88. The van der Waals surface area contributed by atoms with Gasteiger partial charge in [-0.05, 0) is 25.4 Å². The summed E-state index contributed by atoms with van der Waals surface area (Å²) < 4.78 is 11.0. The van der Waals surface area contributed by atoms with Gasteiger partial charge >= 0.3 is 0 Å². The Morgan fingerprint density at radius 3 is 3.11 bits per heavy atom. The number of hydrogen-bond acceptors (Lipinski definition) is 6. The normalized spacial score (nSPS) is 22.6. The summed E-state index contributed by atoms with van der Waals surface area (Å²) in [5.74, 6) is 1.68. The maximum absolute atomic E-state index is 5.73. The lowest BCUT2D eigenvalue weighted by Gasteiger charge is -2.30. The molecule has 1 aromatic rings. The molecule has 1 aromatic heterocycles. The molecule has 0 aromatic carbocycles. The van der Waals surface area contributed by atoms with E-state index in [4.69, 9.17) is 15.0 Å². The van der Waals surface area contributed by atoms with E-state index in [1.54, 1.807) is 0 Å². The Labute approximate surface area is 114 Å². The molecule has 0 aliphatic carbocycles. The van der Waals surface area contributed by atoms with Gasteiger partial charge in [0.2, 0.25) is 11.7 Å². The van der Waals surface area contributed by atoms with E-state index in [-0.39, 0.29) is 6.10 Å². The van der Waals surface area contributed by atoms with E-state index >= 15 is 0 Å². The quantitative estimate of drug-likeness (QED) is 0.829. The first-order valence-electron chi connectivity index (χ1n) is 7.09. The molecule has 0 saturated carbocycles. The second-order valence-electron chi connectivity index (χ2n) is 5.25. The van der Waals surface area contributed by atoms with Crippen molar-refractivity contribution in [1.29, 1.82) is 0 Å². The maximum Gasteiger partial charge on any atom is 0.227 e. The van der Waals surface area contributed by atoms with Gasteiger partial charge in [0.1, 0.15) is 6.10 Å². The average molecular weight is 268 g/mol. The van der Waals surface area contributed by atoms with Gasteiger partial charge < -0.3 is 15.0 Å². The first-order chi connectivity index (χ1) is 9.22. The molecular weight excluding hydrogens is 244 g/mol. The third kappa shape index (κ3) is 3.99. The summed E-state index contributed by atoms with van der Waals surface area (Å²) in [4.78, 5) is 6.81. The number of nitrogens with two attached hydrogens (primary N) is 1. The van der Waals surface area contributed by atoms with Gasteiger partial charge in [-0.2, -0.15) is 4.98 Å². The molecule has 1 fully saturated rings. The zero-order chi connectivity index (χ0) is 13.7. The van der Waals surface area contributed by atoms with E-state index in [1.807, 2.05) is 0 Å². The smallest absolute Gasteiger partial charge is 0.227 e. The SMILES string of the molecule is CCCN1CCOC(c2noc(CC(C)CN)n2)C1. The molecule has 0 bridgehead atoms. The van der Waals surface area contributed by atoms with E-state index < -0.39 is 0 Å². The third-order valence-electron chi connectivity index (χ3n) is 3.39. The highest BCUT2D eigenvalue weighted by Crippen LogP contribution is 2.20. The lowest BCUT2D eigenvalue weighted by atomic mass is 10.1. The lowest BCUT2D eigenvalue weighted by molar-refractivity contribution is -0.0350. The molecule has 1 saturated heterocycles. The number of nitrogens with zero attached hydrogens (tertiary/aromatic N) is 3. The zero-order valence-electron chi connectivity index (χ0n) is 11.8. The minimum absolute atomic E-state index is 0.0639. The summed E-state index contributed by atoms with van der Waals surface area (Å²) in [5, 5.41) is 4.04. The van der Waals surface area contributed by atoms with Crippen LogP contribution < -0.4 is 5.73 Å². The van der Waals surface area contributed by atoms with Crippen molar-refractivity contribution in [2.45, 2.75) is 32.8 Å². The van der Waals surface area contributed by atoms with Crippen LogP contribution in [0.25, 0.3) is 0 Å². The van der Waals surface area contributed by atoms with Crippen LogP contribution in [0.15, 0.2) is 4.52 Å². The zero-order valence-corrected chi connectivity index (χ0v) is 11.8. The van der Waals surface area contributed by atoms with E-state index in [2.05, 4.69) is 28.9 Å². The van der Waals surface area contributed by atoms with Crippen molar-refractivity contribution in [3.05, 3.63) is 11.7 Å². The standard InChI is InChI=1S/C13H24N4O2/c1-3-4-17-5-6-18-11(9-17)13-15-12(19-16-13)7-10(2)8-14/h10-11H,3-9,14H2,1-2H3. The third-order valence-corrected chi connectivity index (χ3v) is 3.39. The highest BCUT2D eigenvalue weighted by atomic mass is 16.5. The Morgan fingerprint density at radius 2 is 2.37 bits per heavy atom. The number of ether oxygens (including phenoxy) is 1. The minimum atomic E-state index is -0.0639. The van der Waals surface area contributed by atoms with Crippen LogP contribution in [0.2, 0.25) is 0 Å². The van der Waals surface area contributed by atoms with Crippen molar-refractivity contribution < 1.29 is 9.26 Å². The summed E-state index contributed by atoms with van der Waals surface area (Å²) in [6.45, 7) is 8.54. The Bertz CT molecular complexity index is 380. The minimum Gasteiger partial charge on any atom is -0.367 e. The summed E-state index contributed by atoms with van der Waals surface area (Å²) in [7, 11) is 0. The molecule has 0 radical (unpaired) electrons. The van der Waals surface area contributed by atoms with Crippen LogP contribution in [0.1, 0.15) is 38.1 Å². The molecule has 1 aliphatic heterocycles. The summed E-state index contributed by atoms with van der Waals surface area (Å²) in [5.41, 5.74) is 5.60. The molecule has 19 heavy (non-hydrogen) atoms.